The Balaban J connectivity index is 1.79. The van der Waals surface area contributed by atoms with Crippen LogP contribution in [-0.2, 0) is 19.1 Å². The molecular formula is C27H33NO5S. The van der Waals surface area contributed by atoms with E-state index in [1.54, 1.807) is 6.92 Å². The number of esters is 1. The molecule has 1 saturated heterocycles. The van der Waals surface area contributed by atoms with Gasteiger partial charge in [0.05, 0.1) is 12.8 Å². The highest BCUT2D eigenvalue weighted by Gasteiger charge is 2.42. The predicted molar refractivity (Wildman–Crippen MR) is 133 cm³/mol. The molecule has 1 aliphatic heterocycles. The summed E-state index contributed by atoms with van der Waals surface area (Å²) >= 11 is 1.34. The van der Waals surface area contributed by atoms with Gasteiger partial charge in [-0.05, 0) is 56.6 Å². The van der Waals surface area contributed by atoms with Gasteiger partial charge in [0.1, 0.15) is 10.7 Å². The van der Waals surface area contributed by atoms with E-state index < -0.39 is 5.97 Å². The highest BCUT2D eigenvalue weighted by atomic mass is 32.1. The largest absolute Gasteiger partial charge is 0.465 e. The zero-order chi connectivity index (χ0) is 24.2. The van der Waals surface area contributed by atoms with Gasteiger partial charge < -0.3 is 14.4 Å². The van der Waals surface area contributed by atoms with E-state index in [0.717, 1.165) is 23.3 Å². The van der Waals surface area contributed by atoms with E-state index in [0.29, 0.717) is 49.0 Å². The van der Waals surface area contributed by atoms with Crippen molar-refractivity contribution < 1.29 is 23.9 Å². The summed E-state index contributed by atoms with van der Waals surface area (Å²) < 4.78 is 10.7. The molecule has 3 unspecified atom stereocenters. The van der Waals surface area contributed by atoms with Crippen molar-refractivity contribution in [3.05, 3.63) is 41.3 Å². The molecule has 0 bridgehead atoms. The lowest BCUT2D eigenvalue weighted by molar-refractivity contribution is -0.134. The number of benzene rings is 1. The molecule has 3 atom stereocenters. The summed E-state index contributed by atoms with van der Waals surface area (Å²) in [6.45, 7) is 4.87. The number of ether oxygens (including phenoxy) is 2. The fourth-order valence-electron chi connectivity index (χ4n) is 5.29. The highest BCUT2D eigenvalue weighted by Crippen LogP contribution is 2.42. The molecule has 7 heteroatoms. The van der Waals surface area contributed by atoms with Crippen LogP contribution in [0.2, 0.25) is 0 Å². The number of carbonyl (C=O) groups excluding carboxylic acids is 3. The predicted octanol–water partition coefficient (Wildman–Crippen LogP) is 5.36. The molecule has 6 nitrogen and oxygen atoms in total. The molecule has 34 heavy (non-hydrogen) atoms. The summed E-state index contributed by atoms with van der Waals surface area (Å²) in [7, 11) is 1.36. The number of hydrogen-bond acceptors (Lipinski definition) is 6. The third-order valence-corrected chi connectivity index (χ3v) is 8.30. The molecule has 0 N–H and O–H groups in total. The molecule has 2 aromatic rings. The Morgan fingerprint density at radius 2 is 1.74 bits per heavy atom. The Morgan fingerprint density at radius 3 is 2.38 bits per heavy atom. The Labute approximate surface area is 205 Å². The second-order valence-electron chi connectivity index (χ2n) is 9.48. The lowest BCUT2D eigenvalue weighted by Crippen LogP contribution is -2.50. The number of anilines is 1. The zero-order valence-electron chi connectivity index (χ0n) is 20.1. The second-order valence-corrected chi connectivity index (χ2v) is 10.5. The van der Waals surface area contributed by atoms with E-state index in [9.17, 15) is 14.4 Å². The molecule has 2 fully saturated rings. The van der Waals surface area contributed by atoms with Gasteiger partial charge in [0, 0.05) is 36.0 Å². The maximum absolute atomic E-state index is 14.2. The molecule has 1 aromatic heterocycles. The first-order valence-electron chi connectivity index (χ1n) is 12.1. The van der Waals surface area contributed by atoms with Crippen molar-refractivity contribution >= 4 is 34.7 Å². The van der Waals surface area contributed by atoms with Crippen molar-refractivity contribution in [2.75, 3.05) is 25.2 Å². The van der Waals surface area contributed by atoms with E-state index in [-0.39, 0.29) is 29.6 Å². The standard InChI is InChI=1S/C27H33NO5S/c1-17-9-10-21(22(15-17)18(2)29)26(30)28(20-11-13-33-14-12-20)23-16-24(19-7-5-4-6-8-19)34-25(23)27(31)32-3/h4-8,16-17,20-22H,9-15H2,1-3H3. The normalized spacial score (nSPS) is 23.3. The van der Waals surface area contributed by atoms with Crippen molar-refractivity contribution in [1.29, 1.82) is 0 Å². The molecule has 0 spiro atoms. The van der Waals surface area contributed by atoms with Gasteiger partial charge >= 0.3 is 5.97 Å². The maximum atomic E-state index is 14.2. The SMILES string of the molecule is COC(=O)c1sc(-c2ccccc2)cc1N(C(=O)C1CCC(C)CC1C(C)=O)C1CCOCC1. The monoisotopic (exact) mass is 483 g/mol. The molecule has 1 saturated carbocycles. The van der Waals surface area contributed by atoms with Crippen LogP contribution in [0.15, 0.2) is 36.4 Å². The first-order chi connectivity index (χ1) is 16.4. The van der Waals surface area contributed by atoms with Crippen LogP contribution in [0.5, 0.6) is 0 Å². The molecule has 4 rings (SSSR count). The molecule has 2 aliphatic rings. The van der Waals surface area contributed by atoms with Gasteiger partial charge in [0.2, 0.25) is 5.91 Å². The first kappa shape index (κ1) is 24.6. The molecule has 0 radical (unpaired) electrons. The van der Waals surface area contributed by atoms with Crippen LogP contribution in [0.4, 0.5) is 5.69 Å². The van der Waals surface area contributed by atoms with Crippen molar-refractivity contribution in [2.45, 2.75) is 52.0 Å². The summed E-state index contributed by atoms with van der Waals surface area (Å²) in [5.74, 6) is -0.672. The number of nitrogens with zero attached hydrogens (tertiary/aromatic N) is 1. The Morgan fingerprint density at radius 1 is 1.03 bits per heavy atom. The van der Waals surface area contributed by atoms with Crippen LogP contribution in [0.3, 0.4) is 0 Å². The summed E-state index contributed by atoms with van der Waals surface area (Å²) in [5, 5.41) is 0. The minimum absolute atomic E-state index is 0.0541. The highest BCUT2D eigenvalue weighted by molar-refractivity contribution is 7.18. The van der Waals surface area contributed by atoms with Crippen LogP contribution in [-0.4, -0.2) is 44.0 Å². The summed E-state index contributed by atoms with van der Waals surface area (Å²) in [5.41, 5.74) is 1.57. The average Bonchev–Trinajstić information content (AvgIpc) is 3.29. The van der Waals surface area contributed by atoms with E-state index in [4.69, 9.17) is 9.47 Å². The van der Waals surface area contributed by atoms with Gasteiger partial charge in [-0.3, -0.25) is 9.59 Å². The Kier molecular flexibility index (Phi) is 7.84. The van der Waals surface area contributed by atoms with Crippen molar-refractivity contribution in [1.82, 2.24) is 0 Å². The average molecular weight is 484 g/mol. The van der Waals surface area contributed by atoms with Crippen molar-refractivity contribution in [2.24, 2.45) is 17.8 Å². The minimum Gasteiger partial charge on any atom is -0.465 e. The fraction of sp³-hybridized carbons (Fsp3) is 0.519. The van der Waals surface area contributed by atoms with E-state index >= 15 is 0 Å². The number of hydrogen-bond donors (Lipinski definition) is 0. The summed E-state index contributed by atoms with van der Waals surface area (Å²) in [6, 6.07) is 11.7. The Bertz CT molecular complexity index is 1030. The number of thiophene rings is 1. The molecule has 182 valence electrons. The van der Waals surface area contributed by atoms with Crippen LogP contribution >= 0.6 is 11.3 Å². The second kappa shape index (κ2) is 10.8. The van der Waals surface area contributed by atoms with Gasteiger partial charge in [0.15, 0.2) is 0 Å². The van der Waals surface area contributed by atoms with E-state index in [1.807, 2.05) is 41.3 Å². The van der Waals surface area contributed by atoms with Gasteiger partial charge in [0.25, 0.3) is 0 Å². The van der Waals surface area contributed by atoms with E-state index in [2.05, 4.69) is 6.92 Å². The van der Waals surface area contributed by atoms with Crippen molar-refractivity contribution in [3.8, 4) is 10.4 Å². The van der Waals surface area contributed by atoms with Crippen LogP contribution < -0.4 is 4.90 Å². The zero-order valence-corrected chi connectivity index (χ0v) is 20.9. The van der Waals surface area contributed by atoms with Crippen LogP contribution in [0.25, 0.3) is 10.4 Å². The van der Waals surface area contributed by atoms with Gasteiger partial charge in [-0.2, -0.15) is 0 Å². The molecule has 1 amide bonds. The number of amides is 1. The topological polar surface area (TPSA) is 72.9 Å². The third-order valence-electron chi connectivity index (χ3n) is 7.15. The number of rotatable bonds is 6. The maximum Gasteiger partial charge on any atom is 0.350 e. The summed E-state index contributed by atoms with van der Waals surface area (Å²) in [6.07, 6.45) is 3.72. The number of ketones is 1. The van der Waals surface area contributed by atoms with Crippen LogP contribution in [0.1, 0.15) is 55.6 Å². The molecule has 1 aromatic carbocycles. The molecule has 2 heterocycles. The fourth-order valence-corrected chi connectivity index (χ4v) is 6.36. The van der Waals surface area contributed by atoms with E-state index in [1.165, 1.54) is 18.4 Å². The molecule has 1 aliphatic carbocycles. The van der Waals surface area contributed by atoms with Gasteiger partial charge in [-0.15, -0.1) is 11.3 Å². The van der Waals surface area contributed by atoms with Crippen molar-refractivity contribution in [3.63, 3.8) is 0 Å². The Hall–Kier alpha value is -2.51. The van der Waals surface area contributed by atoms with Gasteiger partial charge in [-0.1, -0.05) is 37.3 Å². The number of Topliss-reactive ketones (excluding diaryl/α,β-unsaturated/α-hetero) is 1. The van der Waals surface area contributed by atoms with Gasteiger partial charge in [-0.25, -0.2) is 4.79 Å². The minimum atomic E-state index is -0.451. The quantitative estimate of drug-likeness (QED) is 0.518. The third kappa shape index (κ3) is 5.10. The lowest BCUT2D eigenvalue weighted by atomic mass is 9.72. The number of carbonyl (C=O) groups is 3. The van der Waals surface area contributed by atoms with Crippen LogP contribution in [0, 0.1) is 17.8 Å². The number of methoxy groups -OCH3 is 1. The lowest BCUT2D eigenvalue weighted by Gasteiger charge is -2.40. The first-order valence-corrected chi connectivity index (χ1v) is 12.9. The summed E-state index contributed by atoms with van der Waals surface area (Å²) in [4.78, 5) is 42.7. The smallest absolute Gasteiger partial charge is 0.350 e. The molecular weight excluding hydrogens is 450 g/mol.